The first-order chi connectivity index (χ1) is 18.4. The number of carbonyl (C=O) groups is 2. The maximum atomic E-state index is 13.1. The molecule has 1 aromatic carbocycles. The van der Waals surface area contributed by atoms with E-state index in [1.54, 1.807) is 23.1 Å². The Morgan fingerprint density at radius 1 is 1.37 bits per heavy atom. The van der Waals surface area contributed by atoms with E-state index < -0.39 is 5.92 Å². The summed E-state index contributed by atoms with van der Waals surface area (Å²) in [6.45, 7) is 0. The monoisotopic (exact) mass is 584 g/mol. The number of thioether (sulfide) groups is 1. The van der Waals surface area contributed by atoms with E-state index in [1.165, 1.54) is 41.5 Å². The molecule has 0 saturated carbocycles. The molecule has 2 aliphatic rings. The van der Waals surface area contributed by atoms with Gasteiger partial charge in [0, 0.05) is 28.3 Å². The van der Waals surface area contributed by atoms with Crippen molar-refractivity contribution in [3.63, 3.8) is 0 Å². The molecule has 1 aliphatic heterocycles. The summed E-state index contributed by atoms with van der Waals surface area (Å²) in [6.07, 6.45) is 1.76. The normalized spacial score (nSPS) is 17.3. The molecule has 3 N–H and O–H groups in total. The van der Waals surface area contributed by atoms with Gasteiger partial charge in [0.15, 0.2) is 10.1 Å². The number of halogens is 1. The van der Waals surface area contributed by atoms with Crippen LogP contribution in [0.2, 0.25) is 5.02 Å². The number of methoxy groups -OCH3 is 1. The zero-order valence-corrected chi connectivity index (χ0v) is 23.3. The number of hydrogen-bond donors (Lipinski definition) is 2. The Balaban J connectivity index is 1.36. The van der Waals surface area contributed by atoms with E-state index in [2.05, 4.69) is 21.6 Å². The van der Waals surface area contributed by atoms with E-state index in [-0.39, 0.29) is 23.3 Å². The first-order valence-electron chi connectivity index (χ1n) is 11.5. The maximum absolute atomic E-state index is 13.1. The largest absolute Gasteiger partial charge is 0.495 e. The van der Waals surface area contributed by atoms with Gasteiger partial charge in [-0.05, 0) is 42.5 Å². The molecule has 5 rings (SSSR count). The number of nitrogens with zero attached hydrogens (tertiary/aromatic N) is 4. The highest BCUT2D eigenvalue weighted by Crippen LogP contribution is 2.48. The molecule has 38 heavy (non-hydrogen) atoms. The molecule has 1 unspecified atom stereocenters. The SMILES string of the molecule is COc1ccc(NC(=O)CSc2nnc(N3C(N)=C(C#N)C(c4cccs4)C4=C3CCCC4=O)s2)cc1Cl. The third-order valence-corrected chi connectivity index (χ3v) is 9.36. The minimum atomic E-state index is -0.476. The minimum absolute atomic E-state index is 0.0179. The van der Waals surface area contributed by atoms with Crippen molar-refractivity contribution in [3.8, 4) is 11.8 Å². The number of thiophene rings is 1. The minimum Gasteiger partial charge on any atom is -0.495 e. The van der Waals surface area contributed by atoms with Gasteiger partial charge in [0.25, 0.3) is 0 Å². The first kappa shape index (κ1) is 26.2. The number of ketones is 1. The molecule has 194 valence electrons. The van der Waals surface area contributed by atoms with Gasteiger partial charge in [-0.3, -0.25) is 14.5 Å². The van der Waals surface area contributed by atoms with E-state index in [0.29, 0.717) is 56.3 Å². The molecule has 3 aromatic rings. The van der Waals surface area contributed by atoms with E-state index in [9.17, 15) is 14.9 Å². The third kappa shape index (κ3) is 5.02. The summed E-state index contributed by atoms with van der Waals surface area (Å²) in [6, 6.07) is 11.1. The number of rotatable bonds is 7. The van der Waals surface area contributed by atoms with Gasteiger partial charge in [-0.2, -0.15) is 5.26 Å². The number of anilines is 2. The second-order valence-corrected chi connectivity index (χ2v) is 11.9. The Bertz CT molecular complexity index is 1510. The highest BCUT2D eigenvalue weighted by molar-refractivity contribution is 8.01. The zero-order chi connectivity index (χ0) is 26.8. The van der Waals surface area contributed by atoms with Crippen LogP contribution in [-0.4, -0.2) is 34.8 Å². The first-order valence-corrected chi connectivity index (χ1v) is 14.6. The second kappa shape index (κ2) is 11.2. The van der Waals surface area contributed by atoms with E-state index in [4.69, 9.17) is 22.1 Å². The van der Waals surface area contributed by atoms with Crippen LogP contribution in [0.25, 0.3) is 0 Å². The zero-order valence-electron chi connectivity index (χ0n) is 20.1. The summed E-state index contributed by atoms with van der Waals surface area (Å²) in [5, 5.41) is 24.1. The van der Waals surface area contributed by atoms with Crippen molar-refractivity contribution in [2.24, 2.45) is 5.73 Å². The van der Waals surface area contributed by atoms with Gasteiger partial charge in [0.05, 0.1) is 35.4 Å². The van der Waals surface area contributed by atoms with Crippen LogP contribution in [0.1, 0.15) is 30.1 Å². The van der Waals surface area contributed by atoms with Crippen molar-refractivity contribution in [1.82, 2.24) is 10.2 Å². The molecule has 1 atom stereocenters. The summed E-state index contributed by atoms with van der Waals surface area (Å²) in [7, 11) is 1.52. The quantitative estimate of drug-likeness (QED) is 0.355. The lowest BCUT2D eigenvalue weighted by atomic mass is 9.78. The van der Waals surface area contributed by atoms with Crippen LogP contribution in [-0.2, 0) is 9.59 Å². The predicted octanol–water partition coefficient (Wildman–Crippen LogP) is 5.30. The van der Waals surface area contributed by atoms with Crippen LogP contribution in [0.4, 0.5) is 10.8 Å². The number of amides is 1. The number of nitrogens with two attached hydrogens (primary N) is 1. The molecule has 13 heteroatoms. The van der Waals surface area contributed by atoms with E-state index in [1.807, 2.05) is 17.5 Å². The Morgan fingerprint density at radius 2 is 2.21 bits per heavy atom. The fourth-order valence-electron chi connectivity index (χ4n) is 4.46. The van der Waals surface area contributed by atoms with Crippen LogP contribution in [0.5, 0.6) is 5.75 Å². The van der Waals surface area contributed by atoms with Crippen molar-refractivity contribution in [2.45, 2.75) is 29.5 Å². The molecule has 0 fully saturated rings. The second-order valence-electron chi connectivity index (χ2n) is 8.37. The summed E-state index contributed by atoms with van der Waals surface area (Å²) < 4.78 is 5.68. The van der Waals surface area contributed by atoms with Crippen molar-refractivity contribution in [1.29, 1.82) is 5.26 Å². The summed E-state index contributed by atoms with van der Waals surface area (Å²) >= 11 is 10.1. The lowest BCUT2D eigenvalue weighted by Crippen LogP contribution is -2.38. The standard InChI is InChI=1S/C25H21ClN6O3S3/c1-35-18-8-7-13(10-15(18)26)29-20(34)12-37-25-31-30-24(38-25)32-16-4-2-5-17(33)22(16)21(14(11-27)23(32)28)19-6-3-9-36-19/h3,6-10,21H,2,4-5,12,28H2,1H3,(H,29,34). The lowest BCUT2D eigenvalue weighted by Gasteiger charge is -2.37. The molecule has 2 aromatic heterocycles. The van der Waals surface area contributed by atoms with Gasteiger partial charge in [-0.15, -0.1) is 21.5 Å². The number of allylic oxidation sites excluding steroid dienone is 3. The summed E-state index contributed by atoms with van der Waals surface area (Å²) in [5.74, 6) is 0.172. The Kier molecular flexibility index (Phi) is 7.71. The molecule has 9 nitrogen and oxygen atoms in total. The molecule has 0 spiro atoms. The van der Waals surface area contributed by atoms with Gasteiger partial charge in [-0.25, -0.2) is 0 Å². The Hall–Kier alpha value is -3.37. The number of nitriles is 1. The fraction of sp³-hybridized carbons (Fsp3) is 0.240. The molecule has 0 radical (unpaired) electrons. The number of ether oxygens (including phenoxy) is 1. The van der Waals surface area contributed by atoms with Gasteiger partial charge >= 0.3 is 0 Å². The molecular formula is C25H21ClN6O3S3. The van der Waals surface area contributed by atoms with Crippen molar-refractivity contribution >= 4 is 68.5 Å². The molecule has 0 saturated heterocycles. The van der Waals surface area contributed by atoms with Gasteiger partial charge in [0.1, 0.15) is 11.6 Å². The van der Waals surface area contributed by atoms with Crippen molar-refractivity contribution in [3.05, 3.63) is 68.3 Å². The van der Waals surface area contributed by atoms with Gasteiger partial charge < -0.3 is 15.8 Å². The smallest absolute Gasteiger partial charge is 0.234 e. The van der Waals surface area contributed by atoms with Crippen LogP contribution >= 0.6 is 46.0 Å². The van der Waals surface area contributed by atoms with Gasteiger partial charge in [-0.1, -0.05) is 40.8 Å². The van der Waals surface area contributed by atoms with E-state index in [0.717, 1.165) is 10.6 Å². The molecule has 3 heterocycles. The maximum Gasteiger partial charge on any atom is 0.234 e. The third-order valence-electron chi connectivity index (χ3n) is 6.09. The molecular weight excluding hydrogens is 564 g/mol. The average molecular weight is 585 g/mol. The number of aromatic nitrogens is 2. The molecule has 0 bridgehead atoms. The van der Waals surface area contributed by atoms with Crippen LogP contribution in [0, 0.1) is 11.3 Å². The molecule has 1 aliphatic carbocycles. The number of nitrogens with one attached hydrogen (secondary N) is 1. The fourth-order valence-corrected chi connectivity index (χ4v) is 7.25. The highest BCUT2D eigenvalue weighted by Gasteiger charge is 2.41. The average Bonchev–Trinajstić information content (AvgIpc) is 3.60. The summed E-state index contributed by atoms with van der Waals surface area (Å²) in [4.78, 5) is 28.2. The van der Waals surface area contributed by atoms with Crippen LogP contribution in [0.3, 0.4) is 0 Å². The highest BCUT2D eigenvalue weighted by atomic mass is 35.5. The number of hydrogen-bond acceptors (Lipinski definition) is 11. The summed E-state index contributed by atoms with van der Waals surface area (Å²) in [5.41, 5.74) is 8.80. The van der Waals surface area contributed by atoms with Crippen LogP contribution < -0.4 is 20.7 Å². The van der Waals surface area contributed by atoms with Crippen molar-refractivity contribution in [2.75, 3.05) is 23.1 Å². The van der Waals surface area contributed by atoms with Crippen LogP contribution in [0.15, 0.2) is 62.7 Å². The Morgan fingerprint density at radius 3 is 2.92 bits per heavy atom. The number of carbonyl (C=O) groups excluding carboxylic acids is 2. The van der Waals surface area contributed by atoms with E-state index >= 15 is 0 Å². The predicted molar refractivity (Wildman–Crippen MR) is 150 cm³/mol. The van der Waals surface area contributed by atoms with Gasteiger partial charge in [0.2, 0.25) is 11.0 Å². The van der Waals surface area contributed by atoms with Crippen molar-refractivity contribution < 1.29 is 14.3 Å². The lowest BCUT2D eigenvalue weighted by molar-refractivity contribution is -0.116. The number of benzene rings is 1. The Labute approximate surface area is 235 Å². The topological polar surface area (TPSA) is 134 Å². The number of Topliss-reactive ketones (excluding diaryl/α,β-unsaturated/α-hetero) is 1. The molecule has 1 amide bonds.